The maximum atomic E-state index is 12.6. The van der Waals surface area contributed by atoms with Gasteiger partial charge in [-0.1, -0.05) is 12.2 Å². The molecule has 1 aliphatic heterocycles. The quantitative estimate of drug-likeness (QED) is 0.297. The molecule has 0 unspecified atom stereocenters. The van der Waals surface area contributed by atoms with Crippen molar-refractivity contribution in [3.05, 3.63) is 39.5 Å². The molecular formula is C20H21IN2O3. The number of halogens is 1. The van der Waals surface area contributed by atoms with Gasteiger partial charge in [-0.3, -0.25) is 9.59 Å². The Balaban J connectivity index is 1.51. The van der Waals surface area contributed by atoms with E-state index in [0.29, 0.717) is 0 Å². The SMILES string of the molecule is CC(C)(C)Oc1ccc(C=NN2C(=O)[C@@H]3[C@H](C2=O)[C@H]2C=C[C@H]3C2)cc1I. The summed E-state index contributed by atoms with van der Waals surface area (Å²) >= 11 is 2.21. The van der Waals surface area contributed by atoms with Gasteiger partial charge in [-0.15, -0.1) is 0 Å². The summed E-state index contributed by atoms with van der Waals surface area (Å²) in [5, 5.41) is 5.29. The van der Waals surface area contributed by atoms with E-state index in [-0.39, 0.29) is 41.1 Å². The van der Waals surface area contributed by atoms with Gasteiger partial charge in [-0.25, -0.2) is 0 Å². The number of ether oxygens (including phenoxy) is 1. The van der Waals surface area contributed by atoms with Crippen molar-refractivity contribution in [2.75, 3.05) is 0 Å². The summed E-state index contributed by atoms with van der Waals surface area (Å²) in [6.07, 6.45) is 6.67. The van der Waals surface area contributed by atoms with Gasteiger partial charge in [0.1, 0.15) is 11.4 Å². The van der Waals surface area contributed by atoms with Crippen molar-refractivity contribution in [1.29, 1.82) is 0 Å². The minimum absolute atomic E-state index is 0.157. The number of fused-ring (bicyclic) bond motifs is 5. The molecule has 26 heavy (non-hydrogen) atoms. The van der Waals surface area contributed by atoms with E-state index in [1.54, 1.807) is 6.21 Å². The van der Waals surface area contributed by atoms with Crippen LogP contribution in [0.3, 0.4) is 0 Å². The minimum Gasteiger partial charge on any atom is -0.487 e. The Bertz CT molecular complexity index is 810. The van der Waals surface area contributed by atoms with Crippen molar-refractivity contribution in [2.24, 2.45) is 28.8 Å². The molecule has 2 amide bonds. The zero-order valence-electron chi connectivity index (χ0n) is 15.0. The number of hydrogen-bond acceptors (Lipinski definition) is 4. The van der Waals surface area contributed by atoms with Crippen LogP contribution in [0, 0.1) is 27.2 Å². The van der Waals surface area contributed by atoms with E-state index in [1.165, 1.54) is 0 Å². The van der Waals surface area contributed by atoms with Crippen LogP contribution in [0.2, 0.25) is 0 Å². The van der Waals surface area contributed by atoms with Gasteiger partial charge in [0.05, 0.1) is 21.6 Å². The minimum atomic E-state index is -0.269. The number of amides is 2. The first-order valence-electron chi connectivity index (χ1n) is 8.83. The first kappa shape index (κ1) is 17.7. The molecule has 4 rings (SSSR count). The van der Waals surface area contributed by atoms with Crippen LogP contribution in [-0.2, 0) is 9.59 Å². The molecule has 1 aromatic rings. The number of carbonyl (C=O) groups is 2. The molecule has 5 nitrogen and oxygen atoms in total. The average Bonchev–Trinajstić information content (AvgIpc) is 3.22. The van der Waals surface area contributed by atoms with E-state index >= 15 is 0 Å². The topological polar surface area (TPSA) is 59.0 Å². The number of benzene rings is 1. The van der Waals surface area contributed by atoms with Gasteiger partial charge in [0.25, 0.3) is 11.8 Å². The standard InChI is InChI=1S/C20H21IN2O3/c1-20(2,3)26-15-7-4-11(8-14(15)21)10-22-23-18(24)16-12-5-6-13(9-12)17(16)19(23)25/h4-8,10,12-13,16-17H,9H2,1-3H3/t12-,13-,16-,17+/m0/s1. The number of carbonyl (C=O) groups excluding carboxylic acids is 2. The van der Waals surface area contributed by atoms with Gasteiger partial charge < -0.3 is 4.74 Å². The van der Waals surface area contributed by atoms with Crippen molar-refractivity contribution < 1.29 is 14.3 Å². The highest BCUT2D eigenvalue weighted by molar-refractivity contribution is 14.1. The molecule has 0 aromatic heterocycles. The molecule has 1 heterocycles. The lowest BCUT2D eigenvalue weighted by molar-refractivity contribution is -0.140. The van der Waals surface area contributed by atoms with E-state index in [9.17, 15) is 9.59 Å². The second-order valence-corrected chi connectivity index (χ2v) is 9.30. The number of imide groups is 1. The van der Waals surface area contributed by atoms with E-state index < -0.39 is 0 Å². The average molecular weight is 464 g/mol. The summed E-state index contributed by atoms with van der Waals surface area (Å²) in [4.78, 5) is 25.2. The number of rotatable bonds is 3. The van der Waals surface area contributed by atoms with Gasteiger partial charge in [0.2, 0.25) is 0 Å². The summed E-state index contributed by atoms with van der Waals surface area (Å²) in [5.74, 6) is 0.481. The van der Waals surface area contributed by atoms with E-state index in [1.807, 2.05) is 39.0 Å². The smallest absolute Gasteiger partial charge is 0.254 e. The van der Waals surface area contributed by atoms with Crippen LogP contribution in [-0.4, -0.2) is 28.6 Å². The summed E-state index contributed by atoms with van der Waals surface area (Å²) < 4.78 is 6.86. The summed E-state index contributed by atoms with van der Waals surface area (Å²) in [6, 6.07) is 5.70. The molecule has 0 N–H and O–H groups in total. The molecule has 2 aliphatic carbocycles. The molecular weight excluding hydrogens is 443 g/mol. The Morgan fingerprint density at radius 2 is 1.77 bits per heavy atom. The van der Waals surface area contributed by atoms with Crippen LogP contribution in [0.15, 0.2) is 35.5 Å². The van der Waals surface area contributed by atoms with Crippen molar-refractivity contribution >= 4 is 40.6 Å². The van der Waals surface area contributed by atoms with Crippen molar-refractivity contribution in [3.63, 3.8) is 0 Å². The van der Waals surface area contributed by atoms with Crippen LogP contribution < -0.4 is 4.74 Å². The maximum absolute atomic E-state index is 12.6. The zero-order chi connectivity index (χ0) is 18.6. The Morgan fingerprint density at radius 1 is 1.15 bits per heavy atom. The van der Waals surface area contributed by atoms with Crippen LogP contribution in [0.25, 0.3) is 0 Å². The maximum Gasteiger partial charge on any atom is 0.254 e. The molecule has 3 aliphatic rings. The van der Waals surface area contributed by atoms with Crippen LogP contribution in [0.4, 0.5) is 0 Å². The van der Waals surface area contributed by atoms with Gasteiger partial charge in [-0.2, -0.15) is 10.1 Å². The molecule has 6 heteroatoms. The lowest BCUT2D eigenvalue weighted by atomic mass is 9.85. The Kier molecular flexibility index (Phi) is 4.21. The number of hydrazone groups is 1. The zero-order valence-corrected chi connectivity index (χ0v) is 17.1. The third-order valence-corrected chi connectivity index (χ3v) is 5.98. The van der Waals surface area contributed by atoms with Crippen LogP contribution in [0.1, 0.15) is 32.8 Å². The number of allylic oxidation sites excluding steroid dienone is 2. The summed E-state index contributed by atoms with van der Waals surface area (Å²) in [7, 11) is 0. The van der Waals surface area contributed by atoms with Crippen molar-refractivity contribution in [1.82, 2.24) is 5.01 Å². The lowest BCUT2D eigenvalue weighted by Gasteiger charge is -2.22. The first-order chi connectivity index (χ1) is 12.2. The van der Waals surface area contributed by atoms with E-state index in [2.05, 4.69) is 39.8 Å². The summed E-state index contributed by atoms with van der Waals surface area (Å²) in [5.41, 5.74) is 0.559. The number of hydrogen-bond donors (Lipinski definition) is 0. The van der Waals surface area contributed by atoms with Gasteiger partial charge in [0.15, 0.2) is 0 Å². The van der Waals surface area contributed by atoms with Gasteiger partial charge in [-0.05, 0) is 85.4 Å². The number of nitrogens with zero attached hydrogens (tertiary/aromatic N) is 2. The second kappa shape index (κ2) is 6.18. The molecule has 4 atom stereocenters. The predicted octanol–water partition coefficient (Wildman–Crippen LogP) is 3.61. The highest BCUT2D eigenvalue weighted by atomic mass is 127. The second-order valence-electron chi connectivity index (χ2n) is 8.14. The van der Waals surface area contributed by atoms with Crippen molar-refractivity contribution in [3.8, 4) is 5.75 Å². The van der Waals surface area contributed by atoms with Crippen molar-refractivity contribution in [2.45, 2.75) is 32.8 Å². The van der Waals surface area contributed by atoms with E-state index in [4.69, 9.17) is 4.74 Å². The monoisotopic (exact) mass is 464 g/mol. The fraction of sp³-hybridized carbons (Fsp3) is 0.450. The van der Waals surface area contributed by atoms with Gasteiger partial charge in [0, 0.05) is 0 Å². The fourth-order valence-electron chi connectivity index (χ4n) is 4.13. The van der Waals surface area contributed by atoms with Crippen LogP contribution in [0.5, 0.6) is 5.75 Å². The molecule has 136 valence electrons. The first-order valence-corrected chi connectivity index (χ1v) is 9.91. The highest BCUT2D eigenvalue weighted by Gasteiger charge is 2.59. The molecule has 0 radical (unpaired) electrons. The molecule has 2 fully saturated rings. The fourth-order valence-corrected chi connectivity index (χ4v) is 4.78. The molecule has 1 aromatic carbocycles. The predicted molar refractivity (Wildman–Crippen MR) is 107 cm³/mol. The third kappa shape index (κ3) is 2.98. The molecule has 1 saturated heterocycles. The molecule has 1 saturated carbocycles. The van der Waals surface area contributed by atoms with E-state index in [0.717, 1.165) is 26.3 Å². The highest BCUT2D eigenvalue weighted by Crippen LogP contribution is 2.52. The molecule has 2 bridgehead atoms. The summed E-state index contributed by atoms with van der Waals surface area (Å²) in [6.45, 7) is 6.01. The Hall–Kier alpha value is -1.70. The molecule has 0 spiro atoms. The normalized spacial score (nSPS) is 29.9. The van der Waals surface area contributed by atoms with Crippen LogP contribution >= 0.6 is 22.6 Å². The Morgan fingerprint density at radius 3 is 2.31 bits per heavy atom. The largest absolute Gasteiger partial charge is 0.487 e. The third-order valence-electron chi connectivity index (χ3n) is 5.14. The van der Waals surface area contributed by atoms with Gasteiger partial charge >= 0.3 is 0 Å². The lowest BCUT2D eigenvalue weighted by Crippen LogP contribution is -2.28. The Labute approximate surface area is 166 Å².